The van der Waals surface area contributed by atoms with E-state index in [9.17, 15) is 56.6 Å². The molecular formula is C40H58F3N7O9. The molecule has 1 aromatic carbocycles. The Morgan fingerprint density at radius 1 is 0.712 bits per heavy atom. The molecule has 0 spiro atoms. The smallest absolute Gasteiger partial charge is 0.471 e. The third-order valence-electron chi connectivity index (χ3n) is 10.7. The van der Waals surface area contributed by atoms with Crippen LogP contribution in [0.5, 0.6) is 0 Å². The Labute approximate surface area is 342 Å². The van der Waals surface area contributed by atoms with Crippen LogP contribution in [0.4, 0.5) is 13.2 Å². The van der Waals surface area contributed by atoms with Gasteiger partial charge in [0.2, 0.25) is 35.4 Å². The van der Waals surface area contributed by atoms with Crippen LogP contribution >= 0.6 is 0 Å². The molecule has 0 saturated carbocycles. The summed E-state index contributed by atoms with van der Waals surface area (Å²) in [6.45, 7) is 9.06. The summed E-state index contributed by atoms with van der Waals surface area (Å²) < 4.78 is 40.5. The summed E-state index contributed by atoms with van der Waals surface area (Å²) in [5.41, 5.74) is -1.76. The fourth-order valence-electron chi connectivity index (χ4n) is 7.74. The third kappa shape index (κ3) is 12.9. The highest BCUT2D eigenvalue weighted by molar-refractivity contribution is 5.99. The average molecular weight is 838 g/mol. The average Bonchev–Trinajstić information content (AvgIpc) is 3.89. The molecule has 2 heterocycles. The number of likely N-dealkylation sites (N-methyl/N-ethyl adjacent to an activating group) is 2. The predicted octanol–water partition coefficient (Wildman–Crippen LogP) is 1.71. The van der Waals surface area contributed by atoms with Crippen molar-refractivity contribution in [1.29, 1.82) is 0 Å². The van der Waals surface area contributed by atoms with Crippen LogP contribution in [-0.2, 0) is 44.8 Å². The Bertz CT molecular complexity index is 1700. The first-order valence-electron chi connectivity index (χ1n) is 19.8. The molecule has 5 atom stereocenters. The first-order chi connectivity index (χ1) is 27.5. The van der Waals surface area contributed by atoms with E-state index in [0.717, 1.165) is 29.6 Å². The maximum absolute atomic E-state index is 14.2. The minimum atomic E-state index is -5.32. The summed E-state index contributed by atoms with van der Waals surface area (Å²) in [5, 5.41) is 16.5. The van der Waals surface area contributed by atoms with Crippen LogP contribution < -0.4 is 16.0 Å². The quantitative estimate of drug-likeness (QED) is 0.170. The number of rotatable bonds is 18. The highest BCUT2D eigenvalue weighted by atomic mass is 19.4. The third-order valence-corrected chi connectivity index (χ3v) is 10.7. The lowest BCUT2D eigenvalue weighted by Gasteiger charge is -2.39. The van der Waals surface area contributed by atoms with Gasteiger partial charge in [-0.05, 0) is 50.0 Å². The molecule has 0 aromatic heterocycles. The number of carbonyl (C=O) groups excluding carboxylic acids is 7. The number of halogens is 3. The van der Waals surface area contributed by atoms with Crippen LogP contribution in [0.1, 0.15) is 78.7 Å². The minimum absolute atomic E-state index is 0.338. The van der Waals surface area contributed by atoms with Gasteiger partial charge >= 0.3 is 18.1 Å². The first kappa shape index (κ1) is 48.1. The van der Waals surface area contributed by atoms with E-state index in [1.54, 1.807) is 58.0 Å². The Morgan fingerprint density at radius 2 is 1.14 bits per heavy atom. The molecule has 19 heteroatoms. The number of benzene rings is 1. The van der Waals surface area contributed by atoms with Gasteiger partial charge in [-0.15, -0.1) is 0 Å². The molecule has 2 aliphatic rings. The number of alkyl halides is 3. The molecule has 2 saturated heterocycles. The normalized spacial score (nSPS) is 17.4. The van der Waals surface area contributed by atoms with Gasteiger partial charge < -0.3 is 40.7 Å². The first-order valence-corrected chi connectivity index (χ1v) is 19.8. The molecule has 16 nitrogen and oxygen atoms in total. The van der Waals surface area contributed by atoms with Crippen LogP contribution in [-0.4, -0.2) is 148 Å². The molecule has 0 radical (unpaired) electrons. The molecule has 2 fully saturated rings. The van der Waals surface area contributed by atoms with Gasteiger partial charge in [0, 0.05) is 46.7 Å². The van der Waals surface area contributed by atoms with Crippen molar-refractivity contribution in [2.75, 3.05) is 40.3 Å². The molecule has 1 aromatic rings. The molecule has 0 aliphatic carbocycles. The lowest BCUT2D eigenvalue weighted by atomic mass is 9.89. The number of aliphatic carboxylic acids is 1. The number of amides is 7. The summed E-state index contributed by atoms with van der Waals surface area (Å²) >= 11 is 0. The van der Waals surface area contributed by atoms with E-state index in [-0.39, 0.29) is 6.42 Å². The van der Waals surface area contributed by atoms with Gasteiger partial charge in [-0.25, -0.2) is 0 Å². The van der Waals surface area contributed by atoms with Crippen molar-refractivity contribution >= 4 is 47.3 Å². The lowest BCUT2D eigenvalue weighted by Crippen LogP contribution is -2.64. The Morgan fingerprint density at radius 3 is 1.54 bits per heavy atom. The van der Waals surface area contributed by atoms with Crippen LogP contribution in [0.3, 0.4) is 0 Å². The molecule has 3 rings (SSSR count). The maximum Gasteiger partial charge on any atom is 0.471 e. The zero-order valence-corrected chi connectivity index (χ0v) is 34.8. The van der Waals surface area contributed by atoms with Crippen LogP contribution in [0.25, 0.3) is 0 Å². The fraction of sp³-hybridized carbons (Fsp3) is 0.650. The van der Waals surface area contributed by atoms with Gasteiger partial charge in [0.25, 0.3) is 0 Å². The standard InChI is InChI=1S/C40H58F3N7O9/c1-24(2)31(33(54)45-28(22-30(52)53)36(57)50-19-13-14-20-50)47(6)29(51)21-27(35(56)49-17-11-12-18-49)44-34(55)32(25(3)4)48(7)38(59)39(5,46-37(58)40(41,42)43)23-26-15-9-8-10-16-26/h8-10,15-16,24-25,27-28,31-32H,11-14,17-23H2,1-7H3,(H,44,55)(H,45,54)(H,46,58)(H,52,53)/t27-,28-,31-,32-,39?/m0/s1. The lowest BCUT2D eigenvalue weighted by molar-refractivity contribution is -0.177. The second-order valence-electron chi connectivity index (χ2n) is 16.2. The van der Waals surface area contributed by atoms with Crippen molar-refractivity contribution < 1.29 is 56.6 Å². The molecule has 7 amide bonds. The monoisotopic (exact) mass is 837 g/mol. The second kappa shape index (κ2) is 20.6. The summed E-state index contributed by atoms with van der Waals surface area (Å²) in [6, 6.07) is 2.48. The Balaban J connectivity index is 1.90. The van der Waals surface area contributed by atoms with Crippen molar-refractivity contribution in [3.8, 4) is 0 Å². The predicted molar refractivity (Wildman–Crippen MR) is 208 cm³/mol. The molecule has 4 N–H and O–H groups in total. The number of nitrogens with zero attached hydrogens (tertiary/aromatic N) is 4. The van der Waals surface area contributed by atoms with E-state index in [2.05, 4.69) is 10.6 Å². The maximum atomic E-state index is 14.2. The number of hydrogen-bond donors (Lipinski definition) is 4. The van der Waals surface area contributed by atoms with E-state index in [1.165, 1.54) is 23.9 Å². The number of carboxylic acid groups (broad SMARTS) is 1. The molecule has 59 heavy (non-hydrogen) atoms. The summed E-state index contributed by atoms with van der Waals surface area (Å²) in [4.78, 5) is 112. The largest absolute Gasteiger partial charge is 0.481 e. The Kier molecular flexibility index (Phi) is 16.8. The van der Waals surface area contributed by atoms with Crippen LogP contribution in [0.2, 0.25) is 0 Å². The molecule has 0 bridgehead atoms. The van der Waals surface area contributed by atoms with Gasteiger partial charge in [0.05, 0.1) is 12.8 Å². The van der Waals surface area contributed by atoms with Crippen molar-refractivity contribution in [3.63, 3.8) is 0 Å². The zero-order chi connectivity index (χ0) is 44.4. The number of carbonyl (C=O) groups is 8. The highest BCUT2D eigenvalue weighted by Crippen LogP contribution is 2.24. The van der Waals surface area contributed by atoms with Gasteiger partial charge in [0.1, 0.15) is 29.7 Å². The van der Waals surface area contributed by atoms with Crippen molar-refractivity contribution in [3.05, 3.63) is 35.9 Å². The summed E-state index contributed by atoms with van der Waals surface area (Å²) in [7, 11) is 2.51. The number of hydrogen-bond acceptors (Lipinski definition) is 8. The SMILES string of the molecule is CC(C)[C@@H](C(=O)N[C@@H](CC(=O)O)C(=O)N1CCCC1)N(C)C(=O)C[C@H](NC(=O)[C@H](C(C)C)N(C)C(=O)C(C)(Cc1ccccc1)NC(=O)C(F)(F)F)C(=O)N1CCCC1. The molecular weight excluding hydrogens is 779 g/mol. The van der Waals surface area contributed by atoms with Crippen molar-refractivity contribution in [2.45, 2.75) is 115 Å². The summed E-state index contributed by atoms with van der Waals surface area (Å²) in [6.07, 6.45) is -4.22. The van der Waals surface area contributed by atoms with E-state index in [4.69, 9.17) is 0 Å². The van der Waals surface area contributed by atoms with Crippen molar-refractivity contribution in [1.82, 2.24) is 35.6 Å². The van der Waals surface area contributed by atoms with Crippen LogP contribution in [0.15, 0.2) is 30.3 Å². The van der Waals surface area contributed by atoms with Gasteiger partial charge in [-0.1, -0.05) is 58.0 Å². The van der Waals surface area contributed by atoms with Crippen molar-refractivity contribution in [2.24, 2.45) is 11.8 Å². The topological polar surface area (TPSA) is 206 Å². The molecule has 328 valence electrons. The van der Waals surface area contributed by atoms with E-state index >= 15 is 0 Å². The number of likely N-dealkylation sites (tertiary alicyclic amines) is 2. The van der Waals surface area contributed by atoms with E-state index in [0.29, 0.717) is 44.6 Å². The van der Waals surface area contributed by atoms with E-state index in [1.807, 2.05) is 5.32 Å². The van der Waals surface area contributed by atoms with Crippen LogP contribution in [0, 0.1) is 11.8 Å². The van der Waals surface area contributed by atoms with E-state index < -0.39 is 108 Å². The fourth-order valence-corrected chi connectivity index (χ4v) is 7.74. The van der Waals surface area contributed by atoms with Gasteiger partial charge in [-0.3, -0.25) is 38.4 Å². The number of nitrogens with one attached hydrogen (secondary N) is 3. The van der Waals surface area contributed by atoms with Gasteiger partial charge in [-0.2, -0.15) is 13.2 Å². The summed E-state index contributed by atoms with van der Waals surface area (Å²) in [5.74, 6) is -9.57. The number of carboxylic acids is 1. The second-order valence-corrected chi connectivity index (χ2v) is 16.2. The Hall–Kier alpha value is -5.23. The minimum Gasteiger partial charge on any atom is -0.481 e. The molecule has 1 unspecified atom stereocenters. The molecule has 2 aliphatic heterocycles. The van der Waals surface area contributed by atoms with Gasteiger partial charge in [0.15, 0.2) is 0 Å². The highest BCUT2D eigenvalue weighted by Gasteiger charge is 2.48. The zero-order valence-electron chi connectivity index (χ0n) is 34.8.